The van der Waals surface area contributed by atoms with Crippen LogP contribution in [0, 0.1) is 0 Å². The van der Waals surface area contributed by atoms with Gasteiger partial charge in [0.15, 0.2) is 6.61 Å². The summed E-state index contributed by atoms with van der Waals surface area (Å²) in [5.74, 6) is -0.177. The molecule has 0 radical (unpaired) electrons. The molecule has 27 heavy (non-hydrogen) atoms. The van der Waals surface area contributed by atoms with Gasteiger partial charge in [-0.2, -0.15) is 0 Å². The fraction of sp³-hybridized carbons (Fsp3) is 0.188. The first kappa shape index (κ1) is 19.5. The van der Waals surface area contributed by atoms with Crippen LogP contribution in [0.1, 0.15) is 12.3 Å². The van der Waals surface area contributed by atoms with Crippen molar-refractivity contribution in [3.05, 3.63) is 52.7 Å². The average molecular weight is 428 g/mol. The summed E-state index contributed by atoms with van der Waals surface area (Å²) >= 11 is 6.92. The Morgan fingerprint density at radius 2 is 2.00 bits per heavy atom. The third-order valence-corrected chi connectivity index (χ3v) is 6.41. The molecule has 0 unspecified atom stereocenters. The standard InChI is InChI=1S/C16H14ClN3O5S2/c17-12-5-3-11(4-6-12)16-20-19-13(25-16)10-24-14(21)7-8-18-27(22,23)15-2-1-9-26-15/h1-6,9,18H,7-8,10H2. The molecule has 1 N–H and O–H groups in total. The maximum absolute atomic E-state index is 11.9. The molecule has 0 aliphatic heterocycles. The number of esters is 1. The molecule has 3 aromatic rings. The summed E-state index contributed by atoms with van der Waals surface area (Å²) in [4.78, 5) is 11.7. The normalized spacial score (nSPS) is 11.4. The predicted molar refractivity (Wildman–Crippen MR) is 98.7 cm³/mol. The van der Waals surface area contributed by atoms with Crippen molar-refractivity contribution in [3.8, 4) is 11.5 Å². The molecular formula is C16H14ClN3O5S2. The van der Waals surface area contributed by atoms with Gasteiger partial charge in [-0.1, -0.05) is 17.7 Å². The van der Waals surface area contributed by atoms with Crippen molar-refractivity contribution >= 4 is 38.9 Å². The topological polar surface area (TPSA) is 111 Å². The number of hydrogen-bond acceptors (Lipinski definition) is 8. The predicted octanol–water partition coefficient (Wildman–Crippen LogP) is 2.86. The second kappa shape index (κ2) is 8.61. The number of thiophene rings is 1. The average Bonchev–Trinajstić information content (AvgIpc) is 3.33. The van der Waals surface area contributed by atoms with Gasteiger partial charge in [-0.3, -0.25) is 4.79 Å². The van der Waals surface area contributed by atoms with Gasteiger partial charge in [0.2, 0.25) is 15.9 Å². The number of sulfonamides is 1. The van der Waals surface area contributed by atoms with E-state index in [0.717, 1.165) is 11.3 Å². The van der Waals surface area contributed by atoms with Gasteiger partial charge in [-0.05, 0) is 35.7 Å². The molecule has 0 aliphatic rings. The number of nitrogens with one attached hydrogen (secondary N) is 1. The first-order chi connectivity index (χ1) is 12.9. The van der Waals surface area contributed by atoms with Crippen molar-refractivity contribution in [1.29, 1.82) is 0 Å². The first-order valence-electron chi connectivity index (χ1n) is 7.71. The summed E-state index contributed by atoms with van der Waals surface area (Å²) in [6.07, 6.45) is -0.122. The van der Waals surface area contributed by atoms with Crippen molar-refractivity contribution in [2.24, 2.45) is 0 Å². The molecule has 0 saturated carbocycles. The molecule has 0 spiro atoms. The first-order valence-corrected chi connectivity index (χ1v) is 10.5. The summed E-state index contributed by atoms with van der Waals surface area (Å²) in [6, 6.07) is 9.96. The van der Waals surface area contributed by atoms with Crippen LogP contribution in [0.15, 0.2) is 50.4 Å². The number of benzene rings is 1. The van der Waals surface area contributed by atoms with E-state index in [0.29, 0.717) is 10.6 Å². The Bertz CT molecular complexity index is 1000. The Morgan fingerprint density at radius 1 is 1.22 bits per heavy atom. The minimum atomic E-state index is -3.60. The van der Waals surface area contributed by atoms with Gasteiger partial charge in [0.25, 0.3) is 5.89 Å². The Labute approximate surface area is 164 Å². The lowest BCUT2D eigenvalue weighted by molar-refractivity contribution is -0.145. The van der Waals surface area contributed by atoms with Crippen LogP contribution >= 0.6 is 22.9 Å². The van der Waals surface area contributed by atoms with Gasteiger partial charge in [-0.15, -0.1) is 21.5 Å². The number of carbonyl (C=O) groups excluding carboxylic acids is 1. The Balaban J connectivity index is 1.45. The lowest BCUT2D eigenvalue weighted by Gasteiger charge is -2.04. The number of ether oxygens (including phenoxy) is 1. The van der Waals surface area contributed by atoms with Crippen LogP contribution in [0.5, 0.6) is 0 Å². The van der Waals surface area contributed by atoms with Crippen molar-refractivity contribution < 1.29 is 22.4 Å². The molecule has 0 fully saturated rings. The lowest BCUT2D eigenvalue weighted by atomic mass is 10.2. The summed E-state index contributed by atoms with van der Waals surface area (Å²) in [7, 11) is -3.60. The van der Waals surface area contributed by atoms with E-state index in [2.05, 4.69) is 14.9 Å². The Hall–Kier alpha value is -2.27. The SMILES string of the molecule is O=C(CCNS(=O)(=O)c1cccs1)OCc1nnc(-c2ccc(Cl)cc2)o1. The fourth-order valence-corrected chi connectivity index (χ4v) is 4.21. The van der Waals surface area contributed by atoms with Gasteiger partial charge >= 0.3 is 5.97 Å². The number of aromatic nitrogens is 2. The third kappa shape index (κ3) is 5.36. The molecule has 0 atom stereocenters. The molecule has 11 heteroatoms. The van der Waals surface area contributed by atoms with Crippen molar-refractivity contribution in [2.45, 2.75) is 17.2 Å². The highest BCUT2D eigenvalue weighted by molar-refractivity contribution is 7.91. The van der Waals surface area contributed by atoms with Crippen LogP contribution < -0.4 is 4.72 Å². The molecule has 142 valence electrons. The van der Waals surface area contributed by atoms with Gasteiger partial charge < -0.3 is 9.15 Å². The quantitative estimate of drug-likeness (QED) is 0.550. The number of rotatable bonds is 8. The highest BCUT2D eigenvalue weighted by atomic mass is 35.5. The minimum Gasteiger partial charge on any atom is -0.456 e. The van der Waals surface area contributed by atoms with Crippen LogP contribution in [0.2, 0.25) is 5.02 Å². The van der Waals surface area contributed by atoms with Gasteiger partial charge in [0, 0.05) is 17.1 Å². The van der Waals surface area contributed by atoms with E-state index in [9.17, 15) is 13.2 Å². The molecule has 8 nitrogen and oxygen atoms in total. The molecule has 2 aromatic heterocycles. The van der Waals surface area contributed by atoms with Crippen LogP contribution in [-0.2, 0) is 26.2 Å². The summed E-state index contributed by atoms with van der Waals surface area (Å²) in [6.45, 7) is -0.268. The number of nitrogens with zero attached hydrogens (tertiary/aromatic N) is 2. The fourth-order valence-electron chi connectivity index (χ4n) is 2.01. The number of hydrogen-bond donors (Lipinski definition) is 1. The zero-order valence-corrected chi connectivity index (χ0v) is 16.2. The largest absolute Gasteiger partial charge is 0.456 e. The second-order valence-corrected chi connectivity index (χ2v) is 8.63. The lowest BCUT2D eigenvalue weighted by Crippen LogP contribution is -2.26. The zero-order valence-electron chi connectivity index (χ0n) is 13.8. The molecule has 3 rings (SSSR count). The molecule has 0 aliphatic carbocycles. The van der Waals surface area contributed by atoms with Crippen LogP contribution in [-0.4, -0.2) is 31.1 Å². The summed E-state index contributed by atoms with van der Waals surface area (Å²) in [5, 5.41) is 9.92. The van der Waals surface area contributed by atoms with E-state index in [1.54, 1.807) is 35.7 Å². The molecule has 0 bridgehead atoms. The van der Waals surface area contributed by atoms with Crippen molar-refractivity contribution in [2.75, 3.05) is 6.54 Å². The molecule has 0 saturated heterocycles. The zero-order chi connectivity index (χ0) is 19.3. The molecular weight excluding hydrogens is 414 g/mol. The maximum Gasteiger partial charge on any atom is 0.307 e. The maximum atomic E-state index is 11.9. The number of carbonyl (C=O) groups is 1. The van der Waals surface area contributed by atoms with E-state index in [1.165, 1.54) is 6.07 Å². The van der Waals surface area contributed by atoms with E-state index < -0.39 is 16.0 Å². The van der Waals surface area contributed by atoms with Gasteiger partial charge in [0.1, 0.15) is 4.21 Å². The third-order valence-electron chi connectivity index (χ3n) is 3.30. The smallest absolute Gasteiger partial charge is 0.307 e. The van der Waals surface area contributed by atoms with Crippen LogP contribution in [0.4, 0.5) is 0 Å². The minimum absolute atomic E-state index is 0.0705. The van der Waals surface area contributed by atoms with Crippen molar-refractivity contribution in [3.63, 3.8) is 0 Å². The highest BCUT2D eigenvalue weighted by Gasteiger charge is 2.16. The summed E-state index contributed by atoms with van der Waals surface area (Å²) < 4.78 is 36.8. The van der Waals surface area contributed by atoms with Gasteiger partial charge in [-0.25, -0.2) is 13.1 Å². The van der Waals surface area contributed by atoms with Crippen molar-refractivity contribution in [1.82, 2.24) is 14.9 Å². The summed E-state index contributed by atoms with van der Waals surface area (Å²) in [5.41, 5.74) is 0.687. The molecule has 1 aromatic carbocycles. The van der Waals surface area contributed by atoms with E-state index in [1.807, 2.05) is 0 Å². The molecule has 2 heterocycles. The van der Waals surface area contributed by atoms with E-state index in [-0.39, 0.29) is 35.6 Å². The second-order valence-electron chi connectivity index (χ2n) is 5.25. The van der Waals surface area contributed by atoms with Gasteiger partial charge in [0.05, 0.1) is 6.42 Å². The van der Waals surface area contributed by atoms with Crippen LogP contribution in [0.25, 0.3) is 11.5 Å². The number of halogens is 1. The van der Waals surface area contributed by atoms with E-state index >= 15 is 0 Å². The Morgan fingerprint density at radius 3 is 2.70 bits per heavy atom. The monoisotopic (exact) mass is 427 g/mol. The molecule has 0 amide bonds. The Kier molecular flexibility index (Phi) is 6.22. The van der Waals surface area contributed by atoms with Crippen LogP contribution in [0.3, 0.4) is 0 Å². The highest BCUT2D eigenvalue weighted by Crippen LogP contribution is 2.20. The van der Waals surface area contributed by atoms with E-state index in [4.69, 9.17) is 20.8 Å².